The molecule has 5 heteroatoms. The molecule has 5 nitrogen and oxygen atoms in total. The lowest BCUT2D eigenvalue weighted by molar-refractivity contribution is 1.14. The zero-order valence-corrected chi connectivity index (χ0v) is 7.09. The van der Waals surface area contributed by atoms with Crippen LogP contribution >= 0.6 is 0 Å². The Morgan fingerprint density at radius 3 is 2.92 bits per heavy atom. The van der Waals surface area contributed by atoms with Crippen LogP contribution < -0.4 is 11.5 Å². The van der Waals surface area contributed by atoms with Crippen molar-refractivity contribution in [2.45, 2.75) is 0 Å². The van der Waals surface area contributed by atoms with Crippen molar-refractivity contribution in [3.8, 4) is 0 Å². The van der Waals surface area contributed by atoms with Crippen molar-refractivity contribution in [3.63, 3.8) is 0 Å². The van der Waals surface area contributed by atoms with Crippen molar-refractivity contribution in [1.29, 1.82) is 0 Å². The molecule has 1 rings (SSSR count). The van der Waals surface area contributed by atoms with Crippen molar-refractivity contribution in [2.24, 2.45) is 21.7 Å². The van der Waals surface area contributed by atoms with Gasteiger partial charge in [0.2, 0.25) is 5.96 Å². The van der Waals surface area contributed by atoms with Crippen LogP contribution in [0.3, 0.4) is 0 Å². The van der Waals surface area contributed by atoms with E-state index in [1.165, 1.54) is 0 Å². The van der Waals surface area contributed by atoms with Gasteiger partial charge in [0.1, 0.15) is 0 Å². The van der Waals surface area contributed by atoms with Crippen LogP contribution in [-0.2, 0) is 0 Å². The van der Waals surface area contributed by atoms with E-state index in [-0.39, 0.29) is 5.96 Å². The van der Waals surface area contributed by atoms with Gasteiger partial charge in [-0.1, -0.05) is 6.58 Å². The molecule has 0 aliphatic heterocycles. The Kier molecular flexibility index (Phi) is 2.86. The third-order valence-electron chi connectivity index (χ3n) is 1.37. The maximum atomic E-state index is 5.09. The summed E-state index contributed by atoms with van der Waals surface area (Å²) in [6.07, 6.45) is 5.06. The average molecular weight is 177 g/mol. The van der Waals surface area contributed by atoms with Crippen molar-refractivity contribution < 1.29 is 0 Å². The van der Waals surface area contributed by atoms with Gasteiger partial charge < -0.3 is 16.0 Å². The smallest absolute Gasteiger partial charge is 0.211 e. The van der Waals surface area contributed by atoms with Gasteiger partial charge >= 0.3 is 0 Å². The summed E-state index contributed by atoms with van der Waals surface area (Å²) in [5, 5.41) is 7.14. The van der Waals surface area contributed by atoms with E-state index in [2.05, 4.69) is 16.8 Å². The zero-order valence-electron chi connectivity index (χ0n) is 7.09. The Bertz CT molecular complexity index is 343. The molecule has 1 heterocycles. The number of nitrogens with two attached hydrogens (primary N) is 2. The summed E-state index contributed by atoms with van der Waals surface area (Å²) in [6, 6.07) is 3.74. The number of hydrogen-bond acceptors (Lipinski definition) is 2. The van der Waals surface area contributed by atoms with Gasteiger partial charge in [-0.15, -0.1) is 5.10 Å². The lowest BCUT2D eigenvalue weighted by Crippen LogP contribution is -2.21. The second-order valence-electron chi connectivity index (χ2n) is 2.29. The summed E-state index contributed by atoms with van der Waals surface area (Å²) in [5.41, 5.74) is 11.0. The van der Waals surface area contributed by atoms with Crippen LogP contribution in [0.5, 0.6) is 0 Å². The molecule has 0 spiro atoms. The number of rotatable bonds is 3. The molecule has 0 saturated carbocycles. The predicted octanol–water partition coefficient (Wildman–Crippen LogP) is 0.196. The van der Waals surface area contributed by atoms with Crippen molar-refractivity contribution in [2.75, 3.05) is 0 Å². The number of aromatic nitrogens is 1. The SMILES string of the molecule is C=Cn1cccc1/C=N\N=C(N)N. The Labute approximate surface area is 76.1 Å². The van der Waals surface area contributed by atoms with E-state index in [4.69, 9.17) is 11.5 Å². The van der Waals surface area contributed by atoms with E-state index >= 15 is 0 Å². The molecular weight excluding hydrogens is 166 g/mol. The summed E-state index contributed by atoms with van der Waals surface area (Å²) in [5.74, 6) is -0.0621. The van der Waals surface area contributed by atoms with E-state index in [1.54, 1.807) is 17.0 Å². The van der Waals surface area contributed by atoms with Crippen LogP contribution in [0.1, 0.15) is 5.69 Å². The Balaban J connectivity index is 2.79. The Morgan fingerprint density at radius 2 is 2.31 bits per heavy atom. The highest BCUT2D eigenvalue weighted by Gasteiger charge is 1.91. The molecule has 0 radical (unpaired) electrons. The second-order valence-corrected chi connectivity index (χ2v) is 2.29. The van der Waals surface area contributed by atoms with Crippen LogP contribution in [0.4, 0.5) is 0 Å². The molecule has 1 aromatic heterocycles. The third kappa shape index (κ3) is 2.48. The average Bonchev–Trinajstić information content (AvgIpc) is 2.51. The molecular formula is C8H11N5. The van der Waals surface area contributed by atoms with Crippen molar-refractivity contribution >= 4 is 18.4 Å². The molecule has 0 aliphatic carbocycles. The lowest BCUT2D eigenvalue weighted by atomic mass is 10.5. The summed E-state index contributed by atoms with van der Waals surface area (Å²) in [4.78, 5) is 0. The van der Waals surface area contributed by atoms with Gasteiger partial charge in [0.25, 0.3) is 0 Å². The number of nitrogens with zero attached hydrogens (tertiary/aromatic N) is 3. The fourth-order valence-corrected chi connectivity index (χ4v) is 0.837. The van der Waals surface area contributed by atoms with Gasteiger partial charge in [-0.3, -0.25) is 0 Å². The molecule has 0 atom stereocenters. The summed E-state index contributed by atoms with van der Waals surface area (Å²) in [7, 11) is 0. The topological polar surface area (TPSA) is 81.7 Å². The zero-order chi connectivity index (χ0) is 9.68. The second kappa shape index (κ2) is 4.10. The molecule has 0 unspecified atom stereocenters. The van der Waals surface area contributed by atoms with Crippen LogP contribution in [0, 0.1) is 0 Å². The van der Waals surface area contributed by atoms with Crippen LogP contribution in [-0.4, -0.2) is 16.7 Å². The lowest BCUT2D eigenvalue weighted by Gasteiger charge is -1.94. The molecule has 0 aliphatic rings. The fraction of sp³-hybridized carbons (Fsp3) is 0. The molecule has 0 fully saturated rings. The van der Waals surface area contributed by atoms with E-state index in [0.717, 1.165) is 5.69 Å². The number of guanidine groups is 1. The maximum Gasteiger partial charge on any atom is 0.211 e. The first-order chi connectivity index (χ1) is 6.24. The first-order valence-electron chi connectivity index (χ1n) is 3.65. The Morgan fingerprint density at radius 1 is 1.54 bits per heavy atom. The van der Waals surface area contributed by atoms with Gasteiger partial charge in [0.05, 0.1) is 11.9 Å². The first kappa shape index (κ1) is 9.05. The highest BCUT2D eigenvalue weighted by Crippen LogP contribution is 1.98. The highest BCUT2D eigenvalue weighted by atomic mass is 15.3. The maximum absolute atomic E-state index is 5.09. The van der Waals surface area contributed by atoms with Crippen LogP contribution in [0.2, 0.25) is 0 Å². The van der Waals surface area contributed by atoms with Crippen LogP contribution in [0.15, 0.2) is 35.1 Å². The van der Waals surface area contributed by atoms with Gasteiger partial charge in [-0.05, 0) is 12.1 Å². The van der Waals surface area contributed by atoms with E-state index < -0.39 is 0 Å². The van der Waals surface area contributed by atoms with Gasteiger partial charge in [-0.25, -0.2) is 0 Å². The molecule has 4 N–H and O–H groups in total. The third-order valence-corrected chi connectivity index (χ3v) is 1.37. The fourth-order valence-electron chi connectivity index (χ4n) is 0.837. The van der Waals surface area contributed by atoms with Crippen molar-refractivity contribution in [1.82, 2.24) is 4.57 Å². The minimum absolute atomic E-state index is 0.0621. The molecule has 0 saturated heterocycles. The minimum Gasteiger partial charge on any atom is -0.369 e. The largest absolute Gasteiger partial charge is 0.369 e. The molecule has 1 aromatic rings. The van der Waals surface area contributed by atoms with Gasteiger partial charge in [0, 0.05) is 12.4 Å². The van der Waals surface area contributed by atoms with Crippen LogP contribution in [0.25, 0.3) is 6.20 Å². The molecule has 13 heavy (non-hydrogen) atoms. The first-order valence-corrected chi connectivity index (χ1v) is 3.65. The van der Waals surface area contributed by atoms with Gasteiger partial charge in [0.15, 0.2) is 0 Å². The van der Waals surface area contributed by atoms with E-state index in [1.807, 2.05) is 18.3 Å². The quantitative estimate of drug-likeness (QED) is 0.392. The molecule has 68 valence electrons. The normalized spacial score (nSPS) is 10.2. The van der Waals surface area contributed by atoms with E-state index in [9.17, 15) is 0 Å². The predicted molar refractivity (Wildman–Crippen MR) is 54.2 cm³/mol. The molecule has 0 aromatic carbocycles. The van der Waals surface area contributed by atoms with E-state index in [0.29, 0.717) is 0 Å². The summed E-state index contributed by atoms with van der Waals surface area (Å²) < 4.78 is 1.80. The minimum atomic E-state index is -0.0621. The molecule has 0 amide bonds. The standard InChI is InChI=1S/C8H11N5/c1-2-13-5-3-4-7(13)6-11-12-8(9)10/h2-6H,1H2,(H4,9,10,12)/b11-6-. The van der Waals surface area contributed by atoms with Crippen molar-refractivity contribution in [3.05, 3.63) is 30.6 Å². The Hall–Kier alpha value is -2.04. The summed E-state index contributed by atoms with van der Waals surface area (Å²) in [6.45, 7) is 3.62. The highest BCUT2D eigenvalue weighted by molar-refractivity contribution is 5.80. The monoisotopic (exact) mass is 177 g/mol. The number of hydrogen-bond donors (Lipinski definition) is 2. The molecule has 0 bridgehead atoms. The summed E-state index contributed by atoms with van der Waals surface area (Å²) >= 11 is 0. The van der Waals surface area contributed by atoms with Gasteiger partial charge in [-0.2, -0.15) is 5.10 Å².